The van der Waals surface area contributed by atoms with Crippen molar-refractivity contribution < 1.29 is 14.3 Å². The van der Waals surface area contributed by atoms with Crippen LogP contribution in [-0.4, -0.2) is 36.2 Å². The number of amides is 1. The van der Waals surface area contributed by atoms with E-state index in [9.17, 15) is 14.3 Å². The molecule has 0 spiro atoms. The lowest BCUT2D eigenvalue weighted by molar-refractivity contribution is -0.123. The van der Waals surface area contributed by atoms with Gasteiger partial charge in [0, 0.05) is 18.5 Å². The molecule has 1 saturated heterocycles. The Hall–Kier alpha value is -1.17. The van der Waals surface area contributed by atoms with E-state index in [0.717, 1.165) is 0 Å². The molecule has 2 atom stereocenters. The summed E-state index contributed by atoms with van der Waals surface area (Å²) in [5, 5.41) is 15.2. The first-order valence-electron chi connectivity index (χ1n) is 6.84. The van der Waals surface area contributed by atoms with Crippen molar-refractivity contribution in [2.45, 2.75) is 37.8 Å². The van der Waals surface area contributed by atoms with Crippen molar-refractivity contribution in [1.82, 2.24) is 10.6 Å². The minimum absolute atomic E-state index is 0. The molecule has 0 aliphatic carbocycles. The van der Waals surface area contributed by atoms with Gasteiger partial charge in [0.15, 0.2) is 0 Å². The molecule has 2 unspecified atom stereocenters. The van der Waals surface area contributed by atoms with Gasteiger partial charge in [-0.25, -0.2) is 4.39 Å². The van der Waals surface area contributed by atoms with Gasteiger partial charge >= 0.3 is 0 Å². The third-order valence-electron chi connectivity index (χ3n) is 3.73. The normalized spacial score (nSPS) is 21.7. The molecular formula is C15H22ClFN2O2. The Kier molecular flexibility index (Phi) is 6.13. The maximum Gasteiger partial charge on any atom is 0.237 e. The second-order valence-corrected chi connectivity index (χ2v) is 5.93. The fourth-order valence-corrected chi connectivity index (χ4v) is 2.45. The van der Waals surface area contributed by atoms with E-state index < -0.39 is 11.5 Å². The molecule has 1 heterocycles. The molecule has 4 nitrogen and oxygen atoms in total. The van der Waals surface area contributed by atoms with Gasteiger partial charge in [0.1, 0.15) is 5.82 Å². The SMILES string of the molecule is CC(C)(CNC(=O)C1CC(O)CN1)c1ccccc1F.Cl. The Labute approximate surface area is 130 Å². The van der Waals surface area contributed by atoms with Crippen LogP contribution in [0.3, 0.4) is 0 Å². The molecule has 1 aromatic carbocycles. The van der Waals surface area contributed by atoms with Crippen molar-refractivity contribution in [1.29, 1.82) is 0 Å². The molecule has 1 fully saturated rings. The Morgan fingerprint density at radius 2 is 2.14 bits per heavy atom. The molecular weight excluding hydrogens is 295 g/mol. The van der Waals surface area contributed by atoms with Gasteiger partial charge in [-0.1, -0.05) is 32.0 Å². The second-order valence-electron chi connectivity index (χ2n) is 5.93. The summed E-state index contributed by atoms with van der Waals surface area (Å²) >= 11 is 0. The zero-order chi connectivity index (χ0) is 14.8. The smallest absolute Gasteiger partial charge is 0.237 e. The Balaban J connectivity index is 0.00000220. The lowest BCUT2D eigenvalue weighted by atomic mass is 9.84. The van der Waals surface area contributed by atoms with E-state index in [-0.39, 0.29) is 30.2 Å². The number of aliphatic hydroxyl groups excluding tert-OH is 1. The molecule has 21 heavy (non-hydrogen) atoms. The van der Waals surface area contributed by atoms with E-state index in [2.05, 4.69) is 10.6 Å². The van der Waals surface area contributed by atoms with Gasteiger partial charge in [0.2, 0.25) is 5.91 Å². The number of β-amino-alcohol motifs (C(OH)–C–C–N with tert-alkyl or cyclic N) is 1. The number of aliphatic hydroxyl groups is 1. The largest absolute Gasteiger partial charge is 0.392 e. The van der Waals surface area contributed by atoms with Crippen LogP contribution in [0.2, 0.25) is 0 Å². The fraction of sp³-hybridized carbons (Fsp3) is 0.533. The first-order valence-corrected chi connectivity index (χ1v) is 6.84. The van der Waals surface area contributed by atoms with Crippen LogP contribution in [0.4, 0.5) is 4.39 Å². The molecule has 1 aliphatic heterocycles. The second kappa shape index (κ2) is 7.20. The molecule has 0 saturated carbocycles. The van der Waals surface area contributed by atoms with Gasteiger partial charge in [-0.2, -0.15) is 0 Å². The number of benzene rings is 1. The predicted octanol–water partition coefficient (Wildman–Crippen LogP) is 1.36. The number of halogens is 2. The molecule has 2 rings (SSSR count). The highest BCUT2D eigenvalue weighted by Crippen LogP contribution is 2.24. The maximum absolute atomic E-state index is 13.8. The van der Waals surface area contributed by atoms with Crippen LogP contribution in [0, 0.1) is 5.82 Å². The molecule has 1 aromatic rings. The highest BCUT2D eigenvalue weighted by molar-refractivity contribution is 5.85. The van der Waals surface area contributed by atoms with Crippen molar-refractivity contribution in [3.05, 3.63) is 35.6 Å². The third-order valence-corrected chi connectivity index (χ3v) is 3.73. The van der Waals surface area contributed by atoms with Gasteiger partial charge in [-0.15, -0.1) is 12.4 Å². The van der Waals surface area contributed by atoms with Crippen LogP contribution in [-0.2, 0) is 10.2 Å². The number of hydrogen-bond donors (Lipinski definition) is 3. The number of carbonyl (C=O) groups excluding carboxylic acids is 1. The molecule has 0 radical (unpaired) electrons. The summed E-state index contributed by atoms with van der Waals surface area (Å²) in [6.45, 7) is 4.57. The average Bonchev–Trinajstić information content (AvgIpc) is 2.83. The van der Waals surface area contributed by atoms with Crippen molar-refractivity contribution in [3.8, 4) is 0 Å². The van der Waals surface area contributed by atoms with Crippen LogP contribution in [0.5, 0.6) is 0 Å². The summed E-state index contributed by atoms with van der Waals surface area (Å²) in [5.41, 5.74) is 0.0952. The van der Waals surface area contributed by atoms with E-state index in [1.54, 1.807) is 18.2 Å². The lowest BCUT2D eigenvalue weighted by Crippen LogP contribution is -2.45. The van der Waals surface area contributed by atoms with Crippen LogP contribution in [0.1, 0.15) is 25.8 Å². The van der Waals surface area contributed by atoms with Crippen LogP contribution >= 0.6 is 12.4 Å². The van der Waals surface area contributed by atoms with E-state index in [1.165, 1.54) is 6.07 Å². The summed E-state index contributed by atoms with van der Waals surface area (Å²) in [6, 6.07) is 6.24. The third kappa shape index (κ3) is 4.40. The quantitative estimate of drug-likeness (QED) is 0.786. The molecule has 0 aromatic heterocycles. The highest BCUT2D eigenvalue weighted by Gasteiger charge is 2.30. The zero-order valence-corrected chi connectivity index (χ0v) is 13.0. The van der Waals surface area contributed by atoms with Gasteiger partial charge in [-0.3, -0.25) is 4.79 Å². The topological polar surface area (TPSA) is 61.4 Å². The van der Waals surface area contributed by atoms with Crippen molar-refractivity contribution in [2.75, 3.05) is 13.1 Å². The molecule has 1 amide bonds. The van der Waals surface area contributed by atoms with Crippen LogP contribution in [0.25, 0.3) is 0 Å². The van der Waals surface area contributed by atoms with Crippen molar-refractivity contribution in [2.24, 2.45) is 0 Å². The highest BCUT2D eigenvalue weighted by atomic mass is 35.5. The van der Waals surface area contributed by atoms with E-state index in [4.69, 9.17) is 0 Å². The predicted molar refractivity (Wildman–Crippen MR) is 82.1 cm³/mol. The van der Waals surface area contributed by atoms with Gasteiger partial charge in [0.05, 0.1) is 12.1 Å². The molecule has 6 heteroatoms. The van der Waals surface area contributed by atoms with E-state index >= 15 is 0 Å². The number of carbonyl (C=O) groups is 1. The van der Waals surface area contributed by atoms with Gasteiger partial charge in [-0.05, 0) is 18.1 Å². The Morgan fingerprint density at radius 1 is 1.48 bits per heavy atom. The van der Waals surface area contributed by atoms with Crippen LogP contribution < -0.4 is 10.6 Å². The minimum atomic E-state index is -0.488. The average molecular weight is 317 g/mol. The van der Waals surface area contributed by atoms with Crippen LogP contribution in [0.15, 0.2) is 24.3 Å². The standard InChI is InChI=1S/C15H21FN2O2.ClH/c1-15(2,11-5-3-4-6-12(11)16)9-18-14(20)13-7-10(19)8-17-13;/h3-6,10,13,17,19H,7-9H2,1-2H3,(H,18,20);1H. The number of rotatable bonds is 4. The van der Waals surface area contributed by atoms with E-state index in [0.29, 0.717) is 25.1 Å². The summed E-state index contributed by atoms with van der Waals surface area (Å²) in [4.78, 5) is 12.0. The Morgan fingerprint density at radius 3 is 2.71 bits per heavy atom. The van der Waals surface area contributed by atoms with Gasteiger partial charge in [0.25, 0.3) is 0 Å². The summed E-state index contributed by atoms with van der Waals surface area (Å²) in [6.07, 6.45) is -0.0447. The fourth-order valence-electron chi connectivity index (χ4n) is 2.45. The molecule has 3 N–H and O–H groups in total. The summed E-state index contributed by atoms with van der Waals surface area (Å²) in [5.74, 6) is -0.410. The van der Waals surface area contributed by atoms with E-state index in [1.807, 2.05) is 13.8 Å². The summed E-state index contributed by atoms with van der Waals surface area (Å²) < 4.78 is 13.8. The Bertz CT molecular complexity index is 496. The lowest BCUT2D eigenvalue weighted by Gasteiger charge is -2.26. The number of hydrogen-bond acceptors (Lipinski definition) is 3. The first-order chi connectivity index (χ1) is 9.40. The maximum atomic E-state index is 13.8. The zero-order valence-electron chi connectivity index (χ0n) is 12.2. The monoisotopic (exact) mass is 316 g/mol. The molecule has 0 bridgehead atoms. The van der Waals surface area contributed by atoms with Crippen molar-refractivity contribution >= 4 is 18.3 Å². The first kappa shape index (κ1) is 17.9. The minimum Gasteiger partial charge on any atom is -0.392 e. The summed E-state index contributed by atoms with van der Waals surface area (Å²) in [7, 11) is 0. The molecule has 118 valence electrons. The van der Waals surface area contributed by atoms with Crippen molar-refractivity contribution in [3.63, 3.8) is 0 Å². The van der Waals surface area contributed by atoms with Gasteiger partial charge < -0.3 is 15.7 Å². The molecule has 1 aliphatic rings. The number of nitrogens with one attached hydrogen (secondary N) is 2.